The largest absolute Gasteiger partial charge is 0.444 e. The van der Waals surface area contributed by atoms with E-state index in [1.807, 2.05) is 0 Å². The average molecular weight is 494 g/mol. The number of carbonyl (C=O) groups excluding carboxylic acids is 5. The van der Waals surface area contributed by atoms with Crippen LogP contribution in [0.5, 0.6) is 0 Å². The number of Topliss-reactive ketones (excluding diaryl/α,β-unsaturated/α-hetero) is 2. The molecule has 1 aliphatic carbocycles. The van der Waals surface area contributed by atoms with Gasteiger partial charge in [-0.3, -0.25) is 19.2 Å². The monoisotopic (exact) mass is 493 g/mol. The van der Waals surface area contributed by atoms with Crippen LogP contribution in [-0.2, 0) is 23.9 Å². The number of ketones is 2. The lowest BCUT2D eigenvalue weighted by atomic mass is 9.84. The molecule has 3 atom stereocenters. The van der Waals surface area contributed by atoms with E-state index in [1.54, 1.807) is 41.5 Å². The van der Waals surface area contributed by atoms with E-state index >= 15 is 0 Å². The second-order valence-electron chi connectivity index (χ2n) is 11.3. The van der Waals surface area contributed by atoms with Crippen molar-refractivity contribution in [3.05, 3.63) is 0 Å². The van der Waals surface area contributed by atoms with Crippen molar-refractivity contribution in [2.24, 2.45) is 11.8 Å². The fourth-order valence-electron chi connectivity index (χ4n) is 4.81. The Labute approximate surface area is 209 Å². The molecule has 0 radical (unpaired) electrons. The Kier molecular flexibility index (Phi) is 10.3. The first kappa shape index (κ1) is 28.8. The average Bonchev–Trinajstić information content (AvgIpc) is 3.25. The van der Waals surface area contributed by atoms with E-state index in [2.05, 4.69) is 10.6 Å². The van der Waals surface area contributed by atoms with E-state index in [0.29, 0.717) is 19.4 Å². The Morgan fingerprint density at radius 2 is 1.54 bits per heavy atom. The van der Waals surface area contributed by atoms with Gasteiger partial charge in [0.25, 0.3) is 0 Å². The lowest BCUT2D eigenvalue weighted by molar-refractivity contribution is -0.143. The number of alkyl carbamates (subject to hydrolysis) is 1. The van der Waals surface area contributed by atoms with Crippen LogP contribution in [0.1, 0.15) is 92.9 Å². The lowest BCUT2D eigenvalue weighted by Gasteiger charge is -2.30. The molecule has 0 unspecified atom stereocenters. The van der Waals surface area contributed by atoms with E-state index in [0.717, 1.165) is 25.7 Å². The van der Waals surface area contributed by atoms with Crippen LogP contribution in [0.25, 0.3) is 0 Å². The van der Waals surface area contributed by atoms with Crippen LogP contribution >= 0.6 is 0 Å². The second kappa shape index (κ2) is 12.5. The molecular formula is C26H43N3O6. The molecule has 0 bridgehead atoms. The van der Waals surface area contributed by atoms with Gasteiger partial charge in [0.05, 0.1) is 6.04 Å². The summed E-state index contributed by atoms with van der Waals surface area (Å²) in [4.78, 5) is 65.3. The minimum absolute atomic E-state index is 0.236. The standard InChI is InChI=1S/C26H43N3O6/c1-16(2)21(22(31)20(30)15-18-11-8-7-9-12-18)28-23(32)19-13-10-14-29(19)24(33)17(3)27-25(34)35-26(4,5)6/h16-19,21H,7-15H2,1-6H3,(H,27,34)(H,28,32)/t17-,19-,21-/m0/s1. The number of hydrogen-bond donors (Lipinski definition) is 2. The van der Waals surface area contributed by atoms with Crippen molar-refractivity contribution in [3.63, 3.8) is 0 Å². The summed E-state index contributed by atoms with van der Waals surface area (Å²) in [6.45, 7) is 10.7. The van der Waals surface area contributed by atoms with E-state index in [4.69, 9.17) is 4.74 Å². The van der Waals surface area contributed by atoms with Crippen LogP contribution in [0.15, 0.2) is 0 Å². The summed E-state index contributed by atoms with van der Waals surface area (Å²) in [6.07, 6.45) is 5.88. The number of amides is 3. The molecule has 1 aliphatic heterocycles. The molecule has 35 heavy (non-hydrogen) atoms. The van der Waals surface area contributed by atoms with Crippen molar-refractivity contribution in [1.29, 1.82) is 0 Å². The minimum Gasteiger partial charge on any atom is -0.444 e. The first-order valence-electron chi connectivity index (χ1n) is 13.0. The first-order chi connectivity index (χ1) is 16.3. The molecule has 1 heterocycles. The Morgan fingerprint density at radius 3 is 2.11 bits per heavy atom. The van der Waals surface area contributed by atoms with Crippen LogP contribution in [0.4, 0.5) is 4.79 Å². The number of carbonyl (C=O) groups is 5. The third-order valence-corrected chi connectivity index (χ3v) is 6.66. The van der Waals surface area contributed by atoms with E-state index in [9.17, 15) is 24.0 Å². The van der Waals surface area contributed by atoms with Gasteiger partial charge in [0.15, 0.2) is 0 Å². The van der Waals surface area contributed by atoms with Gasteiger partial charge in [-0.1, -0.05) is 46.0 Å². The topological polar surface area (TPSA) is 122 Å². The van der Waals surface area contributed by atoms with Crippen LogP contribution in [0.2, 0.25) is 0 Å². The highest BCUT2D eigenvalue weighted by molar-refractivity contribution is 6.39. The summed E-state index contributed by atoms with van der Waals surface area (Å²) in [5, 5.41) is 5.28. The van der Waals surface area contributed by atoms with Crippen molar-refractivity contribution in [3.8, 4) is 0 Å². The molecular weight excluding hydrogens is 450 g/mol. The van der Waals surface area contributed by atoms with E-state index in [1.165, 1.54) is 11.3 Å². The van der Waals surface area contributed by atoms with Gasteiger partial charge in [0.2, 0.25) is 23.4 Å². The van der Waals surface area contributed by atoms with Crippen LogP contribution in [-0.4, -0.2) is 64.6 Å². The Bertz CT molecular complexity index is 797. The molecule has 2 aliphatic rings. The lowest BCUT2D eigenvalue weighted by Crippen LogP contribution is -2.56. The molecule has 2 rings (SSSR count). The quantitative estimate of drug-likeness (QED) is 0.476. The smallest absolute Gasteiger partial charge is 0.408 e. The molecule has 0 aromatic heterocycles. The number of hydrogen-bond acceptors (Lipinski definition) is 6. The fourth-order valence-corrected chi connectivity index (χ4v) is 4.81. The summed E-state index contributed by atoms with van der Waals surface area (Å²) >= 11 is 0. The number of ether oxygens (including phenoxy) is 1. The summed E-state index contributed by atoms with van der Waals surface area (Å²) in [6, 6.07) is -2.56. The molecule has 2 fully saturated rings. The van der Waals surface area contributed by atoms with E-state index in [-0.39, 0.29) is 18.3 Å². The molecule has 0 spiro atoms. The van der Waals surface area contributed by atoms with Gasteiger partial charge in [-0.15, -0.1) is 0 Å². The molecule has 1 saturated carbocycles. The zero-order valence-corrected chi connectivity index (χ0v) is 22.1. The highest BCUT2D eigenvalue weighted by Crippen LogP contribution is 2.27. The summed E-state index contributed by atoms with van der Waals surface area (Å²) in [5.41, 5.74) is -0.699. The van der Waals surface area contributed by atoms with Gasteiger partial charge < -0.3 is 20.3 Å². The van der Waals surface area contributed by atoms with Gasteiger partial charge in [-0.25, -0.2) is 4.79 Å². The number of likely N-dealkylation sites (tertiary alicyclic amines) is 1. The predicted octanol–water partition coefficient (Wildman–Crippen LogP) is 3.14. The maximum Gasteiger partial charge on any atom is 0.408 e. The van der Waals surface area contributed by atoms with Crippen molar-refractivity contribution < 1.29 is 28.7 Å². The first-order valence-corrected chi connectivity index (χ1v) is 13.0. The number of rotatable bonds is 9. The third kappa shape index (κ3) is 8.61. The van der Waals surface area contributed by atoms with Crippen LogP contribution in [0, 0.1) is 11.8 Å². The number of nitrogens with one attached hydrogen (secondary N) is 2. The van der Waals surface area contributed by atoms with Gasteiger partial charge in [-0.2, -0.15) is 0 Å². The Hall–Kier alpha value is -2.45. The summed E-state index contributed by atoms with van der Waals surface area (Å²) in [5.74, 6) is -1.85. The van der Waals surface area contributed by atoms with Gasteiger partial charge >= 0.3 is 6.09 Å². The van der Waals surface area contributed by atoms with Gasteiger partial charge in [-0.05, 0) is 52.4 Å². The highest BCUT2D eigenvalue weighted by atomic mass is 16.6. The molecule has 3 amide bonds. The normalized spacial score (nSPS) is 20.8. The fraction of sp³-hybridized carbons (Fsp3) is 0.808. The zero-order valence-electron chi connectivity index (χ0n) is 22.1. The highest BCUT2D eigenvalue weighted by Gasteiger charge is 2.39. The SMILES string of the molecule is CC(C)[C@H](NC(=O)[C@@H]1CCCN1C(=O)[C@H](C)NC(=O)OC(C)(C)C)C(=O)C(=O)CC1CCCCC1. The van der Waals surface area contributed by atoms with Crippen LogP contribution < -0.4 is 10.6 Å². The summed E-state index contributed by atoms with van der Waals surface area (Å²) in [7, 11) is 0. The number of nitrogens with zero attached hydrogens (tertiary/aromatic N) is 1. The zero-order chi connectivity index (χ0) is 26.3. The molecule has 9 nitrogen and oxygen atoms in total. The molecule has 198 valence electrons. The molecule has 2 N–H and O–H groups in total. The maximum absolute atomic E-state index is 13.1. The molecule has 1 saturated heterocycles. The van der Waals surface area contributed by atoms with Gasteiger partial charge in [0, 0.05) is 13.0 Å². The second-order valence-corrected chi connectivity index (χ2v) is 11.3. The van der Waals surface area contributed by atoms with Crippen molar-refractivity contribution in [2.45, 2.75) is 117 Å². The predicted molar refractivity (Wildman–Crippen MR) is 132 cm³/mol. The minimum atomic E-state index is -0.923. The van der Waals surface area contributed by atoms with Crippen molar-refractivity contribution in [2.75, 3.05) is 6.54 Å². The van der Waals surface area contributed by atoms with Crippen LogP contribution in [0.3, 0.4) is 0 Å². The molecule has 0 aromatic rings. The third-order valence-electron chi connectivity index (χ3n) is 6.66. The molecule has 9 heteroatoms. The summed E-state index contributed by atoms with van der Waals surface area (Å²) < 4.78 is 5.21. The van der Waals surface area contributed by atoms with E-state index < -0.39 is 53.2 Å². The maximum atomic E-state index is 13.1. The van der Waals surface area contributed by atoms with Crippen molar-refractivity contribution >= 4 is 29.5 Å². The van der Waals surface area contributed by atoms with Crippen molar-refractivity contribution in [1.82, 2.24) is 15.5 Å². The van der Waals surface area contributed by atoms with Gasteiger partial charge in [0.1, 0.15) is 17.7 Å². The molecule has 0 aromatic carbocycles. The Balaban J connectivity index is 1.99. The Morgan fingerprint density at radius 1 is 0.914 bits per heavy atom.